The molecular formula is C13H18N2O. The van der Waals surface area contributed by atoms with Gasteiger partial charge >= 0.3 is 0 Å². The summed E-state index contributed by atoms with van der Waals surface area (Å²) in [5, 5.41) is 6.25. The van der Waals surface area contributed by atoms with Gasteiger partial charge in [0, 0.05) is 11.7 Å². The second-order valence-corrected chi connectivity index (χ2v) is 4.49. The smallest absolute Gasteiger partial charge is 0.229 e. The number of rotatable bonds is 2. The van der Waals surface area contributed by atoms with Crippen LogP contribution in [0.4, 0.5) is 5.69 Å². The van der Waals surface area contributed by atoms with Crippen molar-refractivity contribution in [3.63, 3.8) is 0 Å². The van der Waals surface area contributed by atoms with Crippen LogP contribution in [-0.4, -0.2) is 18.5 Å². The molecule has 0 spiro atoms. The Kier molecular flexibility index (Phi) is 3.25. The van der Waals surface area contributed by atoms with Crippen LogP contribution in [0.3, 0.4) is 0 Å². The molecule has 2 rings (SSSR count). The molecule has 16 heavy (non-hydrogen) atoms. The van der Waals surface area contributed by atoms with Crippen molar-refractivity contribution in [2.24, 2.45) is 5.92 Å². The van der Waals surface area contributed by atoms with E-state index in [1.165, 1.54) is 5.56 Å². The highest BCUT2D eigenvalue weighted by Crippen LogP contribution is 2.18. The largest absolute Gasteiger partial charge is 0.326 e. The molecule has 1 saturated heterocycles. The zero-order valence-corrected chi connectivity index (χ0v) is 9.79. The molecule has 1 fully saturated rings. The summed E-state index contributed by atoms with van der Waals surface area (Å²) >= 11 is 0. The van der Waals surface area contributed by atoms with E-state index < -0.39 is 0 Å². The van der Waals surface area contributed by atoms with Gasteiger partial charge in [-0.2, -0.15) is 0 Å². The number of aryl methyl sites for hydroxylation is 1. The number of hydrogen-bond donors (Lipinski definition) is 2. The molecular weight excluding hydrogens is 200 g/mol. The van der Waals surface area contributed by atoms with Crippen LogP contribution in [0, 0.1) is 12.8 Å². The van der Waals surface area contributed by atoms with Gasteiger partial charge in [0.05, 0.1) is 5.92 Å². The van der Waals surface area contributed by atoms with E-state index >= 15 is 0 Å². The van der Waals surface area contributed by atoms with Gasteiger partial charge in [-0.3, -0.25) is 4.79 Å². The van der Waals surface area contributed by atoms with Crippen LogP contribution in [0.1, 0.15) is 18.9 Å². The van der Waals surface area contributed by atoms with Crippen molar-refractivity contribution in [1.29, 1.82) is 0 Å². The Morgan fingerprint density at radius 2 is 2.06 bits per heavy atom. The monoisotopic (exact) mass is 218 g/mol. The fourth-order valence-corrected chi connectivity index (χ4v) is 2.09. The molecule has 1 amide bonds. The molecule has 1 aliphatic rings. The van der Waals surface area contributed by atoms with E-state index in [1.54, 1.807) is 0 Å². The van der Waals surface area contributed by atoms with Gasteiger partial charge in [0.15, 0.2) is 0 Å². The molecule has 1 aromatic rings. The van der Waals surface area contributed by atoms with Gasteiger partial charge in [0.25, 0.3) is 0 Å². The second-order valence-electron chi connectivity index (χ2n) is 4.49. The average Bonchev–Trinajstić information content (AvgIpc) is 2.68. The maximum Gasteiger partial charge on any atom is 0.229 e. The number of amides is 1. The standard InChI is InChI=1S/C13H18N2O/c1-9-3-5-11(6-4-9)15-13(16)12-7-8-14-10(12)2/h3-6,10,12,14H,7-8H2,1-2H3,(H,15,16). The number of benzene rings is 1. The van der Waals surface area contributed by atoms with Gasteiger partial charge < -0.3 is 10.6 Å². The van der Waals surface area contributed by atoms with Gasteiger partial charge in [-0.15, -0.1) is 0 Å². The lowest BCUT2D eigenvalue weighted by atomic mass is 10.0. The molecule has 1 aliphatic heterocycles. The van der Waals surface area contributed by atoms with Crippen LogP contribution in [0.25, 0.3) is 0 Å². The molecule has 0 radical (unpaired) electrons. The molecule has 1 aromatic carbocycles. The van der Waals surface area contributed by atoms with E-state index in [9.17, 15) is 4.79 Å². The van der Waals surface area contributed by atoms with E-state index in [2.05, 4.69) is 17.6 Å². The second kappa shape index (κ2) is 4.66. The molecule has 3 heteroatoms. The van der Waals surface area contributed by atoms with E-state index in [4.69, 9.17) is 0 Å². The summed E-state index contributed by atoms with van der Waals surface area (Å²) in [5.74, 6) is 0.225. The van der Waals surface area contributed by atoms with Gasteiger partial charge in [-0.25, -0.2) is 0 Å². The number of carbonyl (C=O) groups is 1. The van der Waals surface area contributed by atoms with E-state index in [1.807, 2.05) is 31.2 Å². The van der Waals surface area contributed by atoms with Gasteiger partial charge in [-0.1, -0.05) is 17.7 Å². The lowest BCUT2D eigenvalue weighted by Crippen LogP contribution is -2.32. The fourth-order valence-electron chi connectivity index (χ4n) is 2.09. The summed E-state index contributed by atoms with van der Waals surface area (Å²) in [4.78, 5) is 12.0. The molecule has 2 N–H and O–H groups in total. The third-order valence-corrected chi connectivity index (χ3v) is 3.18. The first kappa shape index (κ1) is 11.1. The summed E-state index contributed by atoms with van der Waals surface area (Å²) in [6, 6.07) is 8.18. The zero-order valence-electron chi connectivity index (χ0n) is 9.79. The molecule has 0 saturated carbocycles. The SMILES string of the molecule is Cc1ccc(NC(=O)C2CCNC2C)cc1. The Balaban J connectivity index is 1.99. The fraction of sp³-hybridized carbons (Fsp3) is 0.462. The predicted molar refractivity (Wildman–Crippen MR) is 65.4 cm³/mol. The molecule has 86 valence electrons. The highest BCUT2D eigenvalue weighted by Gasteiger charge is 2.29. The average molecular weight is 218 g/mol. The topological polar surface area (TPSA) is 41.1 Å². The highest BCUT2D eigenvalue weighted by atomic mass is 16.1. The Labute approximate surface area is 96.2 Å². The van der Waals surface area contributed by atoms with Crippen LogP contribution in [0.2, 0.25) is 0 Å². The Morgan fingerprint density at radius 1 is 1.38 bits per heavy atom. The van der Waals surface area contributed by atoms with Crippen LogP contribution in [0.5, 0.6) is 0 Å². The molecule has 0 bridgehead atoms. The summed E-state index contributed by atoms with van der Waals surface area (Å²) in [6.45, 7) is 5.04. The van der Waals surface area contributed by atoms with Crippen molar-refractivity contribution < 1.29 is 4.79 Å². The summed E-state index contributed by atoms with van der Waals surface area (Å²) < 4.78 is 0. The van der Waals surface area contributed by atoms with Crippen LogP contribution in [0.15, 0.2) is 24.3 Å². The normalized spacial score (nSPS) is 24.4. The Morgan fingerprint density at radius 3 is 2.62 bits per heavy atom. The highest BCUT2D eigenvalue weighted by molar-refractivity contribution is 5.93. The van der Waals surface area contributed by atoms with E-state index in [0.29, 0.717) is 0 Å². The Bertz CT molecular complexity index is 372. The van der Waals surface area contributed by atoms with Crippen molar-refractivity contribution in [2.45, 2.75) is 26.3 Å². The zero-order chi connectivity index (χ0) is 11.5. The number of anilines is 1. The maximum absolute atomic E-state index is 12.0. The molecule has 1 heterocycles. The Hall–Kier alpha value is -1.35. The minimum Gasteiger partial charge on any atom is -0.326 e. The molecule has 0 aliphatic carbocycles. The molecule has 2 unspecified atom stereocenters. The van der Waals surface area contributed by atoms with Gasteiger partial charge in [-0.05, 0) is 38.9 Å². The summed E-state index contributed by atoms with van der Waals surface area (Å²) in [6.07, 6.45) is 0.929. The van der Waals surface area contributed by atoms with E-state index in [-0.39, 0.29) is 17.9 Å². The minimum atomic E-state index is 0.0984. The molecule has 3 nitrogen and oxygen atoms in total. The predicted octanol–water partition coefficient (Wildman–Crippen LogP) is 1.93. The van der Waals surface area contributed by atoms with Crippen molar-refractivity contribution in [1.82, 2.24) is 5.32 Å². The van der Waals surface area contributed by atoms with Gasteiger partial charge in [0.2, 0.25) is 5.91 Å². The quantitative estimate of drug-likeness (QED) is 0.796. The third-order valence-electron chi connectivity index (χ3n) is 3.18. The number of carbonyl (C=O) groups excluding carboxylic acids is 1. The molecule has 0 aromatic heterocycles. The maximum atomic E-state index is 12.0. The first-order valence-electron chi connectivity index (χ1n) is 5.78. The van der Waals surface area contributed by atoms with Crippen LogP contribution in [-0.2, 0) is 4.79 Å². The van der Waals surface area contributed by atoms with Crippen LogP contribution < -0.4 is 10.6 Å². The van der Waals surface area contributed by atoms with Crippen molar-refractivity contribution in [3.8, 4) is 0 Å². The van der Waals surface area contributed by atoms with Crippen molar-refractivity contribution in [3.05, 3.63) is 29.8 Å². The third kappa shape index (κ3) is 2.42. The lowest BCUT2D eigenvalue weighted by Gasteiger charge is -2.14. The summed E-state index contributed by atoms with van der Waals surface area (Å²) in [5.41, 5.74) is 2.09. The van der Waals surface area contributed by atoms with Crippen molar-refractivity contribution >= 4 is 11.6 Å². The lowest BCUT2D eigenvalue weighted by molar-refractivity contribution is -0.119. The summed E-state index contributed by atoms with van der Waals surface area (Å²) in [7, 11) is 0. The van der Waals surface area contributed by atoms with Crippen LogP contribution >= 0.6 is 0 Å². The number of nitrogens with one attached hydrogen (secondary N) is 2. The first-order chi connectivity index (χ1) is 7.66. The van der Waals surface area contributed by atoms with E-state index in [0.717, 1.165) is 18.7 Å². The molecule has 2 atom stereocenters. The van der Waals surface area contributed by atoms with Crippen molar-refractivity contribution in [2.75, 3.05) is 11.9 Å². The number of hydrogen-bond acceptors (Lipinski definition) is 2. The first-order valence-corrected chi connectivity index (χ1v) is 5.78. The van der Waals surface area contributed by atoms with Gasteiger partial charge in [0.1, 0.15) is 0 Å². The minimum absolute atomic E-state index is 0.0984.